The van der Waals surface area contributed by atoms with Gasteiger partial charge in [0.15, 0.2) is 0 Å². The SMILES string of the molecule is CC(C)C1C(=O)NCCN1C(=O)c1ccn[nH]1. The molecule has 1 fully saturated rings. The second-order valence-electron chi connectivity index (χ2n) is 4.45. The summed E-state index contributed by atoms with van der Waals surface area (Å²) in [7, 11) is 0. The van der Waals surface area contributed by atoms with Crippen molar-refractivity contribution in [2.75, 3.05) is 13.1 Å². The molecule has 0 saturated carbocycles. The number of rotatable bonds is 2. The molecule has 0 radical (unpaired) electrons. The summed E-state index contributed by atoms with van der Waals surface area (Å²) in [5.74, 6) is -0.169. The van der Waals surface area contributed by atoms with Gasteiger partial charge in [0.25, 0.3) is 5.91 Å². The first-order valence-electron chi connectivity index (χ1n) is 5.69. The molecule has 17 heavy (non-hydrogen) atoms. The van der Waals surface area contributed by atoms with E-state index in [-0.39, 0.29) is 17.7 Å². The van der Waals surface area contributed by atoms with Crippen LogP contribution in [-0.2, 0) is 4.79 Å². The van der Waals surface area contributed by atoms with Crippen LogP contribution in [0.5, 0.6) is 0 Å². The van der Waals surface area contributed by atoms with Crippen molar-refractivity contribution in [3.8, 4) is 0 Å². The number of nitrogens with one attached hydrogen (secondary N) is 2. The van der Waals surface area contributed by atoms with E-state index in [0.717, 1.165) is 0 Å². The van der Waals surface area contributed by atoms with Gasteiger partial charge in [-0.1, -0.05) is 13.8 Å². The number of hydrogen-bond acceptors (Lipinski definition) is 3. The molecule has 1 aliphatic rings. The molecule has 0 spiro atoms. The van der Waals surface area contributed by atoms with E-state index in [2.05, 4.69) is 15.5 Å². The van der Waals surface area contributed by atoms with Crippen LogP contribution in [0.25, 0.3) is 0 Å². The Balaban J connectivity index is 2.23. The first kappa shape index (κ1) is 11.6. The summed E-state index contributed by atoms with van der Waals surface area (Å²) >= 11 is 0. The van der Waals surface area contributed by atoms with Gasteiger partial charge in [-0.3, -0.25) is 14.7 Å². The summed E-state index contributed by atoms with van der Waals surface area (Å²) in [6, 6.07) is 1.21. The molecule has 6 nitrogen and oxygen atoms in total. The summed E-state index contributed by atoms with van der Waals surface area (Å²) < 4.78 is 0. The Morgan fingerprint density at radius 2 is 2.35 bits per heavy atom. The van der Waals surface area contributed by atoms with Gasteiger partial charge >= 0.3 is 0 Å². The molecule has 1 aromatic rings. The third-order valence-electron chi connectivity index (χ3n) is 2.88. The maximum absolute atomic E-state index is 12.2. The zero-order valence-electron chi connectivity index (χ0n) is 9.93. The maximum atomic E-state index is 12.2. The van der Waals surface area contributed by atoms with Crippen LogP contribution in [0.3, 0.4) is 0 Å². The molecule has 0 bridgehead atoms. The molecule has 1 aliphatic heterocycles. The average molecular weight is 236 g/mol. The molecular weight excluding hydrogens is 220 g/mol. The van der Waals surface area contributed by atoms with Crippen molar-refractivity contribution in [3.63, 3.8) is 0 Å². The molecule has 1 saturated heterocycles. The highest BCUT2D eigenvalue weighted by atomic mass is 16.2. The normalized spacial score (nSPS) is 20.5. The molecule has 1 atom stereocenters. The second kappa shape index (κ2) is 4.57. The van der Waals surface area contributed by atoms with Gasteiger partial charge in [-0.15, -0.1) is 0 Å². The van der Waals surface area contributed by atoms with E-state index in [1.165, 1.54) is 6.20 Å². The van der Waals surface area contributed by atoms with Crippen LogP contribution in [0.15, 0.2) is 12.3 Å². The second-order valence-corrected chi connectivity index (χ2v) is 4.45. The minimum atomic E-state index is -0.403. The van der Waals surface area contributed by atoms with Crippen LogP contribution >= 0.6 is 0 Å². The maximum Gasteiger partial charge on any atom is 0.272 e. The van der Waals surface area contributed by atoms with Gasteiger partial charge in [0, 0.05) is 19.3 Å². The van der Waals surface area contributed by atoms with Crippen LogP contribution in [0.2, 0.25) is 0 Å². The lowest BCUT2D eigenvalue weighted by Gasteiger charge is -2.36. The van der Waals surface area contributed by atoms with E-state index >= 15 is 0 Å². The molecule has 1 unspecified atom stereocenters. The van der Waals surface area contributed by atoms with Crippen molar-refractivity contribution in [1.82, 2.24) is 20.4 Å². The Kier molecular flexibility index (Phi) is 3.12. The number of aromatic amines is 1. The van der Waals surface area contributed by atoms with Crippen molar-refractivity contribution >= 4 is 11.8 Å². The Labute approximate surface area is 99.4 Å². The first-order chi connectivity index (χ1) is 8.11. The van der Waals surface area contributed by atoms with Crippen LogP contribution in [-0.4, -0.2) is 46.0 Å². The van der Waals surface area contributed by atoms with Crippen molar-refractivity contribution in [2.24, 2.45) is 5.92 Å². The molecule has 2 amide bonds. The highest BCUT2D eigenvalue weighted by molar-refractivity contribution is 5.96. The zero-order chi connectivity index (χ0) is 12.4. The minimum Gasteiger partial charge on any atom is -0.353 e. The molecule has 92 valence electrons. The molecular formula is C11H16N4O2. The number of nitrogens with zero attached hydrogens (tertiary/aromatic N) is 2. The van der Waals surface area contributed by atoms with E-state index < -0.39 is 6.04 Å². The van der Waals surface area contributed by atoms with Gasteiger partial charge in [-0.25, -0.2) is 0 Å². The summed E-state index contributed by atoms with van der Waals surface area (Å²) in [4.78, 5) is 25.6. The Morgan fingerprint density at radius 3 is 2.94 bits per heavy atom. The van der Waals surface area contributed by atoms with Crippen LogP contribution in [0, 0.1) is 5.92 Å². The van der Waals surface area contributed by atoms with Gasteiger partial charge in [-0.2, -0.15) is 5.10 Å². The molecule has 2 heterocycles. The quantitative estimate of drug-likeness (QED) is 0.759. The Bertz CT molecular complexity index is 413. The van der Waals surface area contributed by atoms with Crippen molar-refractivity contribution in [2.45, 2.75) is 19.9 Å². The fourth-order valence-electron chi connectivity index (χ4n) is 2.10. The summed E-state index contributed by atoms with van der Waals surface area (Å²) in [6.07, 6.45) is 1.53. The van der Waals surface area contributed by atoms with Crippen molar-refractivity contribution in [3.05, 3.63) is 18.0 Å². The third-order valence-corrected chi connectivity index (χ3v) is 2.88. The molecule has 2 N–H and O–H groups in total. The lowest BCUT2D eigenvalue weighted by Crippen LogP contribution is -2.59. The first-order valence-corrected chi connectivity index (χ1v) is 5.69. The summed E-state index contributed by atoms with van der Waals surface area (Å²) in [6.45, 7) is 4.90. The number of carbonyl (C=O) groups is 2. The van der Waals surface area contributed by atoms with E-state index in [1.54, 1.807) is 11.0 Å². The Hall–Kier alpha value is -1.85. The monoisotopic (exact) mass is 236 g/mol. The lowest BCUT2D eigenvalue weighted by atomic mass is 9.99. The Morgan fingerprint density at radius 1 is 1.59 bits per heavy atom. The fraction of sp³-hybridized carbons (Fsp3) is 0.545. The highest BCUT2D eigenvalue weighted by Crippen LogP contribution is 2.16. The number of piperazine rings is 1. The van der Waals surface area contributed by atoms with E-state index in [4.69, 9.17) is 0 Å². The van der Waals surface area contributed by atoms with Gasteiger partial charge in [0.05, 0.1) is 0 Å². The van der Waals surface area contributed by atoms with Gasteiger partial charge < -0.3 is 10.2 Å². The molecule has 2 rings (SSSR count). The minimum absolute atomic E-state index is 0.0842. The largest absolute Gasteiger partial charge is 0.353 e. The van der Waals surface area contributed by atoms with Gasteiger partial charge in [-0.05, 0) is 12.0 Å². The number of hydrogen-bond donors (Lipinski definition) is 2. The summed E-state index contributed by atoms with van der Waals surface area (Å²) in [5.41, 5.74) is 0.422. The standard InChI is InChI=1S/C11H16N4O2/c1-7(2)9-10(16)12-5-6-15(9)11(17)8-3-4-13-14-8/h3-4,7,9H,5-6H2,1-2H3,(H,12,16)(H,13,14). The molecule has 6 heteroatoms. The van der Waals surface area contributed by atoms with Crippen molar-refractivity contribution < 1.29 is 9.59 Å². The van der Waals surface area contributed by atoms with Gasteiger partial charge in [0.1, 0.15) is 11.7 Å². The number of amides is 2. The van der Waals surface area contributed by atoms with Gasteiger partial charge in [0.2, 0.25) is 5.91 Å². The van der Waals surface area contributed by atoms with E-state index in [9.17, 15) is 9.59 Å². The van der Waals surface area contributed by atoms with Crippen molar-refractivity contribution in [1.29, 1.82) is 0 Å². The van der Waals surface area contributed by atoms with E-state index in [1.807, 2.05) is 13.8 Å². The lowest BCUT2D eigenvalue weighted by molar-refractivity contribution is -0.129. The summed E-state index contributed by atoms with van der Waals surface area (Å²) in [5, 5.41) is 9.17. The average Bonchev–Trinajstić information content (AvgIpc) is 2.80. The fourth-order valence-corrected chi connectivity index (χ4v) is 2.10. The molecule has 0 aromatic carbocycles. The smallest absolute Gasteiger partial charge is 0.272 e. The van der Waals surface area contributed by atoms with Crippen LogP contribution in [0.4, 0.5) is 0 Å². The van der Waals surface area contributed by atoms with Crippen LogP contribution in [0.1, 0.15) is 24.3 Å². The number of H-pyrrole nitrogens is 1. The molecule has 0 aliphatic carbocycles. The van der Waals surface area contributed by atoms with Crippen LogP contribution < -0.4 is 5.32 Å². The number of aromatic nitrogens is 2. The predicted molar refractivity (Wildman–Crippen MR) is 61.3 cm³/mol. The number of carbonyl (C=O) groups excluding carboxylic acids is 2. The topological polar surface area (TPSA) is 78.1 Å². The third kappa shape index (κ3) is 2.15. The van der Waals surface area contributed by atoms with E-state index in [0.29, 0.717) is 18.8 Å². The molecule has 1 aromatic heterocycles. The zero-order valence-corrected chi connectivity index (χ0v) is 9.93. The predicted octanol–water partition coefficient (Wildman–Crippen LogP) is 0.00630. The highest BCUT2D eigenvalue weighted by Gasteiger charge is 2.35.